The van der Waals surface area contributed by atoms with Crippen LogP contribution < -0.4 is 9.62 Å². The van der Waals surface area contributed by atoms with E-state index in [1.54, 1.807) is 19.1 Å². The molecule has 0 aliphatic carbocycles. The third kappa shape index (κ3) is 7.61. The predicted molar refractivity (Wildman–Crippen MR) is 156 cm³/mol. The molecule has 9 heteroatoms. The average molecular weight is 570 g/mol. The molecule has 39 heavy (non-hydrogen) atoms. The lowest BCUT2D eigenvalue weighted by Gasteiger charge is -2.32. The van der Waals surface area contributed by atoms with Crippen LogP contribution in [0.3, 0.4) is 0 Å². The second kappa shape index (κ2) is 12.7. The smallest absolute Gasteiger partial charge is 0.264 e. The predicted octanol–water partition coefficient (Wildman–Crippen LogP) is 5.40. The summed E-state index contributed by atoms with van der Waals surface area (Å²) in [5, 5.41) is 3.26. The van der Waals surface area contributed by atoms with E-state index in [4.69, 9.17) is 11.6 Å². The Morgan fingerprint density at radius 2 is 1.49 bits per heavy atom. The molecule has 0 radical (unpaired) electrons. The van der Waals surface area contributed by atoms with Crippen LogP contribution in [0.1, 0.15) is 43.0 Å². The first-order valence-electron chi connectivity index (χ1n) is 12.8. The summed E-state index contributed by atoms with van der Waals surface area (Å²) in [4.78, 5) is 28.3. The van der Waals surface area contributed by atoms with Gasteiger partial charge in [0.25, 0.3) is 10.0 Å². The Bertz CT molecular complexity index is 1420. The van der Waals surface area contributed by atoms with Crippen molar-refractivity contribution in [3.63, 3.8) is 0 Å². The van der Waals surface area contributed by atoms with Crippen LogP contribution in [0.5, 0.6) is 0 Å². The molecule has 3 aromatic carbocycles. The highest BCUT2D eigenvalue weighted by molar-refractivity contribution is 7.92. The van der Waals surface area contributed by atoms with Crippen molar-refractivity contribution in [2.45, 2.75) is 65.1 Å². The molecule has 0 saturated heterocycles. The number of hydrogen-bond acceptors (Lipinski definition) is 4. The van der Waals surface area contributed by atoms with Crippen LogP contribution in [0.25, 0.3) is 0 Å². The molecule has 0 aromatic heterocycles. The van der Waals surface area contributed by atoms with Crippen molar-refractivity contribution in [1.29, 1.82) is 0 Å². The lowest BCUT2D eigenvalue weighted by atomic mass is 10.1. The summed E-state index contributed by atoms with van der Waals surface area (Å²) < 4.78 is 28.8. The minimum Gasteiger partial charge on any atom is -0.352 e. The van der Waals surface area contributed by atoms with Gasteiger partial charge in [-0.05, 0) is 94.6 Å². The van der Waals surface area contributed by atoms with Gasteiger partial charge in [0.15, 0.2) is 0 Å². The molecule has 1 N–H and O–H groups in total. The lowest BCUT2D eigenvalue weighted by molar-refractivity contribution is -0.139. The molecule has 0 fully saturated rings. The molecule has 0 heterocycles. The van der Waals surface area contributed by atoms with E-state index >= 15 is 0 Å². The van der Waals surface area contributed by atoms with Gasteiger partial charge in [-0.25, -0.2) is 8.42 Å². The fourth-order valence-electron chi connectivity index (χ4n) is 4.02. The van der Waals surface area contributed by atoms with Gasteiger partial charge in [-0.15, -0.1) is 0 Å². The van der Waals surface area contributed by atoms with E-state index in [1.807, 2.05) is 65.0 Å². The topological polar surface area (TPSA) is 86.8 Å². The minimum atomic E-state index is -4.15. The molecule has 0 unspecified atom stereocenters. The van der Waals surface area contributed by atoms with Crippen LogP contribution >= 0.6 is 11.6 Å². The molecular weight excluding hydrogens is 534 g/mol. The van der Waals surface area contributed by atoms with Crippen molar-refractivity contribution >= 4 is 39.1 Å². The summed E-state index contributed by atoms with van der Waals surface area (Å²) in [6.07, 6.45) is 0. The number of sulfonamides is 1. The third-order valence-electron chi connectivity index (χ3n) is 6.53. The molecule has 0 aliphatic heterocycles. The number of nitrogens with zero attached hydrogens (tertiary/aromatic N) is 2. The van der Waals surface area contributed by atoms with Gasteiger partial charge in [0, 0.05) is 17.6 Å². The van der Waals surface area contributed by atoms with Gasteiger partial charge in [-0.1, -0.05) is 47.5 Å². The van der Waals surface area contributed by atoms with Crippen molar-refractivity contribution in [2.75, 3.05) is 10.8 Å². The third-order valence-corrected chi connectivity index (χ3v) is 8.57. The zero-order chi connectivity index (χ0) is 28.9. The largest absolute Gasteiger partial charge is 0.352 e. The van der Waals surface area contributed by atoms with E-state index in [2.05, 4.69) is 5.32 Å². The van der Waals surface area contributed by atoms with Crippen LogP contribution in [-0.2, 0) is 26.2 Å². The Kier molecular flexibility index (Phi) is 9.80. The molecule has 3 rings (SSSR count). The molecular formula is C30H36ClN3O4S. The van der Waals surface area contributed by atoms with Gasteiger partial charge < -0.3 is 10.2 Å². The Labute approximate surface area is 236 Å². The number of halogens is 1. The van der Waals surface area contributed by atoms with Gasteiger partial charge in [-0.3, -0.25) is 13.9 Å². The quantitative estimate of drug-likeness (QED) is 0.354. The highest BCUT2D eigenvalue weighted by Crippen LogP contribution is 2.27. The molecule has 0 bridgehead atoms. The summed E-state index contributed by atoms with van der Waals surface area (Å²) in [6, 6.07) is 17.8. The first-order chi connectivity index (χ1) is 18.3. The standard InChI is InChI=1S/C30H36ClN3O4S/c1-20(2)32-30(36)24(6)33(18-25-10-7-21(3)8-11-25)29(35)19-34(27-14-9-22(4)23(5)17-27)39(37,38)28-15-12-26(31)13-16-28/h7-17,20,24H,18-19H2,1-6H3,(H,32,36)/t24-/m1/s1. The van der Waals surface area contributed by atoms with Crippen LogP contribution in [0.2, 0.25) is 5.02 Å². The maximum absolute atomic E-state index is 13.9. The second-order valence-corrected chi connectivity index (χ2v) is 12.4. The monoisotopic (exact) mass is 569 g/mol. The molecule has 7 nitrogen and oxygen atoms in total. The number of carbonyl (C=O) groups is 2. The highest BCUT2D eigenvalue weighted by atomic mass is 35.5. The first kappa shape index (κ1) is 30.2. The average Bonchev–Trinajstić information content (AvgIpc) is 2.88. The zero-order valence-electron chi connectivity index (χ0n) is 23.2. The van der Waals surface area contributed by atoms with Crippen LogP contribution in [0, 0.1) is 20.8 Å². The van der Waals surface area contributed by atoms with E-state index in [0.29, 0.717) is 10.7 Å². The summed E-state index contributed by atoms with van der Waals surface area (Å²) in [6.45, 7) is 10.8. The molecule has 1 atom stereocenters. The maximum atomic E-state index is 13.9. The Morgan fingerprint density at radius 1 is 0.872 bits per heavy atom. The Morgan fingerprint density at radius 3 is 2.05 bits per heavy atom. The summed E-state index contributed by atoms with van der Waals surface area (Å²) in [7, 11) is -4.15. The number of hydrogen-bond donors (Lipinski definition) is 1. The molecule has 0 saturated carbocycles. The highest BCUT2D eigenvalue weighted by Gasteiger charge is 2.32. The van der Waals surface area contributed by atoms with Gasteiger partial charge in [0.1, 0.15) is 12.6 Å². The van der Waals surface area contributed by atoms with E-state index in [-0.39, 0.29) is 23.4 Å². The number of nitrogens with one attached hydrogen (secondary N) is 1. The fourth-order valence-corrected chi connectivity index (χ4v) is 5.55. The summed E-state index contributed by atoms with van der Waals surface area (Å²) in [5.41, 5.74) is 4.14. The van der Waals surface area contributed by atoms with E-state index in [9.17, 15) is 18.0 Å². The lowest BCUT2D eigenvalue weighted by Crippen LogP contribution is -2.52. The van der Waals surface area contributed by atoms with Crippen molar-refractivity contribution in [3.8, 4) is 0 Å². The molecule has 0 spiro atoms. The number of aryl methyl sites for hydroxylation is 3. The summed E-state index contributed by atoms with van der Waals surface area (Å²) >= 11 is 6.00. The Hall–Kier alpha value is -3.36. The van der Waals surface area contributed by atoms with Crippen LogP contribution in [-0.4, -0.2) is 43.8 Å². The molecule has 208 valence electrons. The fraction of sp³-hybridized carbons (Fsp3) is 0.333. The molecule has 2 amide bonds. The Balaban J connectivity index is 2.05. The number of amides is 2. The van der Waals surface area contributed by atoms with Gasteiger partial charge in [-0.2, -0.15) is 0 Å². The van der Waals surface area contributed by atoms with Gasteiger partial charge >= 0.3 is 0 Å². The summed E-state index contributed by atoms with van der Waals surface area (Å²) in [5.74, 6) is -0.818. The van der Waals surface area contributed by atoms with E-state index < -0.39 is 28.5 Å². The maximum Gasteiger partial charge on any atom is 0.264 e. The van der Waals surface area contributed by atoms with E-state index in [1.165, 1.54) is 29.2 Å². The van der Waals surface area contributed by atoms with Crippen molar-refractivity contribution < 1.29 is 18.0 Å². The SMILES string of the molecule is Cc1ccc(CN(C(=O)CN(c2ccc(C)c(C)c2)S(=O)(=O)c2ccc(Cl)cc2)[C@H](C)C(=O)NC(C)C)cc1. The number of anilines is 1. The van der Waals surface area contributed by atoms with Crippen molar-refractivity contribution in [1.82, 2.24) is 10.2 Å². The van der Waals surface area contributed by atoms with E-state index in [0.717, 1.165) is 26.6 Å². The zero-order valence-corrected chi connectivity index (χ0v) is 24.8. The van der Waals surface area contributed by atoms with Crippen molar-refractivity contribution in [3.05, 3.63) is 94.0 Å². The number of carbonyl (C=O) groups excluding carboxylic acids is 2. The van der Waals surface area contributed by atoms with Gasteiger partial charge in [0.05, 0.1) is 10.6 Å². The minimum absolute atomic E-state index is 0.00797. The molecule has 0 aliphatic rings. The van der Waals surface area contributed by atoms with Crippen LogP contribution in [0.4, 0.5) is 5.69 Å². The number of benzene rings is 3. The normalized spacial score (nSPS) is 12.2. The molecule has 3 aromatic rings. The first-order valence-corrected chi connectivity index (χ1v) is 14.6. The van der Waals surface area contributed by atoms with Crippen LogP contribution in [0.15, 0.2) is 71.6 Å². The van der Waals surface area contributed by atoms with Crippen molar-refractivity contribution in [2.24, 2.45) is 0 Å². The number of rotatable bonds is 10. The van der Waals surface area contributed by atoms with Gasteiger partial charge in [0.2, 0.25) is 11.8 Å². The second-order valence-electron chi connectivity index (χ2n) is 10.1.